The lowest BCUT2D eigenvalue weighted by atomic mass is 10.2. The Morgan fingerprint density at radius 3 is 2.88 bits per heavy atom. The van der Waals surface area contributed by atoms with Crippen molar-refractivity contribution in [2.75, 3.05) is 46.2 Å². The minimum atomic E-state index is 0.746. The fourth-order valence-corrected chi connectivity index (χ4v) is 4.02. The number of ether oxygens (including phenoxy) is 1. The van der Waals surface area contributed by atoms with Crippen molar-refractivity contribution < 1.29 is 4.74 Å². The maximum absolute atomic E-state index is 5.08. The lowest BCUT2D eigenvalue weighted by Gasteiger charge is -2.21. The number of benzene rings is 1. The van der Waals surface area contributed by atoms with Gasteiger partial charge in [-0.1, -0.05) is 18.2 Å². The molecule has 24 heavy (non-hydrogen) atoms. The van der Waals surface area contributed by atoms with Crippen LogP contribution in [0.1, 0.15) is 25.7 Å². The van der Waals surface area contributed by atoms with Gasteiger partial charge in [-0.3, -0.25) is 4.99 Å². The van der Waals surface area contributed by atoms with Crippen LogP contribution >= 0.6 is 11.8 Å². The van der Waals surface area contributed by atoms with Crippen molar-refractivity contribution >= 4 is 17.7 Å². The predicted molar refractivity (Wildman–Crippen MR) is 104 cm³/mol. The third-order valence-electron chi connectivity index (χ3n) is 4.33. The number of likely N-dealkylation sites (tertiary alicyclic amines) is 1. The molecule has 0 bridgehead atoms. The molecule has 1 aliphatic rings. The van der Waals surface area contributed by atoms with E-state index < -0.39 is 0 Å². The number of guanidine groups is 1. The molecule has 1 unspecified atom stereocenters. The Hall–Kier alpha value is -1.20. The van der Waals surface area contributed by atoms with Crippen LogP contribution in [0.2, 0.25) is 0 Å². The Morgan fingerprint density at radius 2 is 2.12 bits per heavy atom. The molecular weight excluding hydrogens is 318 g/mol. The Balaban J connectivity index is 1.65. The molecule has 1 atom stereocenters. The van der Waals surface area contributed by atoms with Crippen LogP contribution in [0, 0.1) is 5.92 Å². The van der Waals surface area contributed by atoms with Crippen molar-refractivity contribution in [1.29, 1.82) is 0 Å². The molecule has 134 valence electrons. The van der Waals surface area contributed by atoms with Crippen LogP contribution in [0.15, 0.2) is 40.2 Å². The Morgan fingerprint density at radius 1 is 1.29 bits per heavy atom. The highest BCUT2D eigenvalue weighted by atomic mass is 32.2. The van der Waals surface area contributed by atoms with Crippen molar-refractivity contribution in [2.24, 2.45) is 10.9 Å². The summed E-state index contributed by atoms with van der Waals surface area (Å²) in [4.78, 5) is 8.23. The molecule has 1 fully saturated rings. The first-order valence-corrected chi connectivity index (χ1v) is 9.94. The molecule has 0 aliphatic carbocycles. The maximum Gasteiger partial charge on any atom is 0.193 e. The monoisotopic (exact) mass is 349 g/mol. The van der Waals surface area contributed by atoms with Crippen LogP contribution in [0.4, 0.5) is 0 Å². The predicted octanol–water partition coefficient (Wildman–Crippen LogP) is 3.49. The molecule has 0 amide bonds. The van der Waals surface area contributed by atoms with Crippen LogP contribution in [0.3, 0.4) is 0 Å². The Labute approximate surface area is 151 Å². The number of unbranched alkanes of at least 4 members (excludes halogenated alkanes) is 2. The molecule has 1 saturated heterocycles. The summed E-state index contributed by atoms with van der Waals surface area (Å²) in [6.07, 6.45) is 4.77. The first kappa shape index (κ1) is 19.1. The summed E-state index contributed by atoms with van der Waals surface area (Å²) in [5.41, 5.74) is 0. The number of nitrogens with one attached hydrogen (secondary N) is 1. The molecule has 5 heteroatoms. The molecule has 0 saturated carbocycles. The average molecular weight is 350 g/mol. The van der Waals surface area contributed by atoms with Gasteiger partial charge in [-0.2, -0.15) is 0 Å². The van der Waals surface area contributed by atoms with Crippen molar-refractivity contribution in [1.82, 2.24) is 10.2 Å². The second-order valence-corrected chi connectivity index (χ2v) is 7.35. The fourth-order valence-electron chi connectivity index (χ4n) is 2.97. The molecule has 1 heterocycles. The first-order chi connectivity index (χ1) is 11.8. The highest BCUT2D eigenvalue weighted by Crippen LogP contribution is 2.25. The van der Waals surface area contributed by atoms with Crippen molar-refractivity contribution in [3.05, 3.63) is 30.3 Å². The standard InChI is InChI=1S/C19H31N3OS/c1-20-19(21-12-7-4-8-14-23-2)22-13-11-17(15-22)16-24-18-9-5-3-6-10-18/h3,5-6,9-10,17H,4,7-8,11-16H2,1-2H3,(H,20,21). The van der Waals surface area contributed by atoms with Crippen LogP contribution in [-0.4, -0.2) is 57.0 Å². The normalized spacial score (nSPS) is 18.2. The van der Waals surface area contributed by atoms with Gasteiger partial charge in [-0.05, 0) is 43.7 Å². The average Bonchev–Trinajstić information content (AvgIpc) is 3.09. The van der Waals surface area contributed by atoms with Gasteiger partial charge in [-0.15, -0.1) is 11.8 Å². The van der Waals surface area contributed by atoms with Crippen LogP contribution in [0.5, 0.6) is 0 Å². The molecule has 2 rings (SSSR count). The van der Waals surface area contributed by atoms with Crippen LogP contribution in [0.25, 0.3) is 0 Å². The van der Waals surface area contributed by atoms with Crippen molar-refractivity contribution in [2.45, 2.75) is 30.6 Å². The number of methoxy groups -OCH3 is 1. The van der Waals surface area contributed by atoms with Gasteiger partial charge in [0.1, 0.15) is 0 Å². The molecule has 1 aromatic carbocycles. The van der Waals surface area contributed by atoms with Crippen LogP contribution in [-0.2, 0) is 4.74 Å². The van der Waals surface area contributed by atoms with E-state index in [1.54, 1.807) is 7.11 Å². The van der Waals surface area contributed by atoms with Gasteiger partial charge >= 0.3 is 0 Å². The quantitative estimate of drug-likeness (QED) is 0.320. The summed E-state index contributed by atoms with van der Waals surface area (Å²) in [7, 11) is 3.65. The van der Waals surface area contributed by atoms with E-state index >= 15 is 0 Å². The molecule has 4 nitrogen and oxygen atoms in total. The summed E-state index contributed by atoms with van der Waals surface area (Å²) >= 11 is 1.97. The molecule has 0 aromatic heterocycles. The van der Waals surface area contributed by atoms with E-state index in [0.717, 1.165) is 44.5 Å². The number of aliphatic imine (C=N–C) groups is 1. The van der Waals surface area contributed by atoms with E-state index in [0.29, 0.717) is 0 Å². The van der Waals surface area contributed by atoms with Gasteiger partial charge in [0.05, 0.1) is 0 Å². The zero-order chi connectivity index (χ0) is 17.0. The molecule has 1 aliphatic heterocycles. The lowest BCUT2D eigenvalue weighted by Crippen LogP contribution is -2.40. The molecular formula is C19H31N3OS. The summed E-state index contributed by atoms with van der Waals surface area (Å²) in [6.45, 7) is 4.09. The van der Waals surface area contributed by atoms with E-state index in [2.05, 4.69) is 45.5 Å². The highest BCUT2D eigenvalue weighted by molar-refractivity contribution is 7.99. The highest BCUT2D eigenvalue weighted by Gasteiger charge is 2.24. The van der Waals surface area contributed by atoms with Crippen LogP contribution < -0.4 is 5.32 Å². The minimum absolute atomic E-state index is 0.746. The van der Waals surface area contributed by atoms with E-state index in [9.17, 15) is 0 Å². The number of hydrogen-bond donors (Lipinski definition) is 1. The summed E-state index contributed by atoms with van der Waals surface area (Å²) < 4.78 is 5.08. The van der Waals surface area contributed by atoms with Gasteiger partial charge in [-0.25, -0.2) is 0 Å². The van der Waals surface area contributed by atoms with E-state index in [4.69, 9.17) is 4.74 Å². The zero-order valence-corrected chi connectivity index (χ0v) is 15.9. The Bertz CT molecular complexity index is 481. The molecule has 0 spiro atoms. The SMILES string of the molecule is CN=C(NCCCCCOC)N1CCC(CSc2ccccc2)C1. The molecule has 0 radical (unpaired) electrons. The number of hydrogen-bond acceptors (Lipinski definition) is 3. The van der Waals surface area contributed by atoms with Crippen molar-refractivity contribution in [3.8, 4) is 0 Å². The Kier molecular flexibility index (Phi) is 9.06. The third-order valence-corrected chi connectivity index (χ3v) is 5.58. The zero-order valence-electron chi connectivity index (χ0n) is 15.0. The number of nitrogens with zero attached hydrogens (tertiary/aromatic N) is 2. The smallest absolute Gasteiger partial charge is 0.193 e. The van der Waals surface area contributed by atoms with Gasteiger partial charge in [0.2, 0.25) is 0 Å². The second-order valence-electron chi connectivity index (χ2n) is 6.25. The number of rotatable bonds is 9. The first-order valence-electron chi connectivity index (χ1n) is 8.96. The largest absolute Gasteiger partial charge is 0.385 e. The van der Waals surface area contributed by atoms with Crippen molar-refractivity contribution in [3.63, 3.8) is 0 Å². The second kappa shape index (κ2) is 11.4. The van der Waals surface area contributed by atoms with Gasteiger partial charge in [0.15, 0.2) is 5.96 Å². The van der Waals surface area contributed by atoms with Gasteiger partial charge in [0.25, 0.3) is 0 Å². The summed E-state index contributed by atoms with van der Waals surface area (Å²) in [5, 5.41) is 3.51. The maximum atomic E-state index is 5.08. The minimum Gasteiger partial charge on any atom is -0.385 e. The van der Waals surface area contributed by atoms with Gasteiger partial charge in [0, 0.05) is 51.0 Å². The fraction of sp³-hybridized carbons (Fsp3) is 0.632. The third kappa shape index (κ3) is 6.73. The summed E-state index contributed by atoms with van der Waals surface area (Å²) in [6, 6.07) is 10.7. The van der Waals surface area contributed by atoms with E-state index in [1.165, 1.54) is 29.9 Å². The van der Waals surface area contributed by atoms with Gasteiger partial charge < -0.3 is 15.0 Å². The van der Waals surface area contributed by atoms with E-state index in [1.807, 2.05) is 18.8 Å². The number of thioether (sulfide) groups is 1. The molecule has 1 N–H and O–H groups in total. The topological polar surface area (TPSA) is 36.9 Å². The summed E-state index contributed by atoms with van der Waals surface area (Å²) in [5.74, 6) is 3.00. The lowest BCUT2D eigenvalue weighted by molar-refractivity contribution is 0.192. The van der Waals surface area contributed by atoms with E-state index in [-0.39, 0.29) is 0 Å². The molecule has 1 aromatic rings.